The largest absolute Gasteiger partial charge is 0.496 e. The smallest absolute Gasteiger partial charge is 0.236 e. The van der Waals surface area contributed by atoms with Crippen LogP contribution in [0.5, 0.6) is 5.75 Å². The van der Waals surface area contributed by atoms with Crippen LogP contribution in [0.3, 0.4) is 0 Å². The van der Waals surface area contributed by atoms with Crippen molar-refractivity contribution in [2.75, 3.05) is 7.11 Å². The molecule has 1 aromatic rings. The Labute approximate surface area is 138 Å². The maximum atomic E-state index is 12.8. The molecule has 2 amide bonds. The first-order valence-electron chi connectivity index (χ1n) is 7.73. The van der Waals surface area contributed by atoms with Gasteiger partial charge < -0.3 is 4.74 Å². The number of carbonyl (C=O) groups is 2. The van der Waals surface area contributed by atoms with Crippen LogP contribution < -0.4 is 4.74 Å². The van der Waals surface area contributed by atoms with Crippen LogP contribution in [0.1, 0.15) is 44.1 Å². The van der Waals surface area contributed by atoms with Crippen LogP contribution in [0.4, 0.5) is 0 Å². The van der Waals surface area contributed by atoms with Gasteiger partial charge in [0, 0.05) is 6.42 Å². The number of nitrogens with zero attached hydrogens (tertiary/aromatic N) is 1. The van der Waals surface area contributed by atoms with Gasteiger partial charge in [-0.15, -0.1) is 0 Å². The van der Waals surface area contributed by atoms with E-state index in [0.717, 1.165) is 41.5 Å². The Morgan fingerprint density at radius 1 is 1.23 bits per heavy atom. The van der Waals surface area contributed by atoms with Crippen LogP contribution in [-0.4, -0.2) is 23.8 Å². The van der Waals surface area contributed by atoms with E-state index >= 15 is 0 Å². The number of benzene rings is 1. The second-order valence-electron chi connectivity index (χ2n) is 6.27. The Hall–Kier alpha value is -1.36. The quantitative estimate of drug-likeness (QED) is 0.767. The molecule has 0 unspecified atom stereocenters. The number of rotatable bonds is 3. The SMILES string of the molecule is COc1ccc(CN2C(=O)CC3(CCCCC3)C2=O)cc1Br. The average Bonchev–Trinajstić information content (AvgIpc) is 2.73. The zero-order valence-electron chi connectivity index (χ0n) is 12.7. The van der Waals surface area contributed by atoms with Gasteiger partial charge in [0.15, 0.2) is 0 Å². The van der Waals surface area contributed by atoms with Crippen molar-refractivity contribution in [3.05, 3.63) is 28.2 Å². The third kappa shape index (κ3) is 2.67. The molecule has 5 heteroatoms. The van der Waals surface area contributed by atoms with Gasteiger partial charge in [-0.1, -0.05) is 25.3 Å². The van der Waals surface area contributed by atoms with E-state index in [-0.39, 0.29) is 11.8 Å². The number of likely N-dealkylation sites (tertiary alicyclic amines) is 1. The molecule has 1 aliphatic heterocycles. The predicted molar refractivity (Wildman–Crippen MR) is 86.4 cm³/mol. The molecule has 1 saturated heterocycles. The maximum absolute atomic E-state index is 12.8. The van der Waals surface area contributed by atoms with E-state index in [9.17, 15) is 9.59 Å². The van der Waals surface area contributed by atoms with E-state index in [0.29, 0.717) is 13.0 Å². The Kier molecular flexibility index (Phi) is 4.26. The molecule has 1 aliphatic carbocycles. The summed E-state index contributed by atoms with van der Waals surface area (Å²) >= 11 is 3.44. The minimum absolute atomic E-state index is 0.0289. The fourth-order valence-corrected chi connectivity index (χ4v) is 4.22. The van der Waals surface area contributed by atoms with Gasteiger partial charge in [-0.3, -0.25) is 14.5 Å². The third-order valence-electron chi connectivity index (χ3n) is 4.86. The number of hydrogen-bond donors (Lipinski definition) is 0. The second-order valence-corrected chi connectivity index (χ2v) is 7.13. The van der Waals surface area contributed by atoms with Crippen LogP contribution in [0.25, 0.3) is 0 Å². The summed E-state index contributed by atoms with van der Waals surface area (Å²) in [5.41, 5.74) is 0.529. The number of imide groups is 1. The van der Waals surface area contributed by atoms with E-state index < -0.39 is 5.41 Å². The highest BCUT2D eigenvalue weighted by Crippen LogP contribution is 2.45. The average molecular weight is 366 g/mol. The van der Waals surface area contributed by atoms with Gasteiger partial charge in [0.05, 0.1) is 23.5 Å². The summed E-state index contributed by atoms with van der Waals surface area (Å²) < 4.78 is 6.04. The molecule has 0 atom stereocenters. The fourth-order valence-electron chi connectivity index (χ4n) is 3.63. The minimum atomic E-state index is -0.404. The highest BCUT2D eigenvalue weighted by atomic mass is 79.9. The van der Waals surface area contributed by atoms with Gasteiger partial charge in [0.25, 0.3) is 0 Å². The van der Waals surface area contributed by atoms with Crippen molar-refractivity contribution in [2.24, 2.45) is 5.41 Å². The molecule has 0 bridgehead atoms. The van der Waals surface area contributed by atoms with Gasteiger partial charge in [-0.25, -0.2) is 0 Å². The number of methoxy groups -OCH3 is 1. The predicted octanol–water partition coefficient (Wildman–Crippen LogP) is 3.67. The van der Waals surface area contributed by atoms with E-state index in [2.05, 4.69) is 15.9 Å². The van der Waals surface area contributed by atoms with E-state index in [1.807, 2.05) is 18.2 Å². The van der Waals surface area contributed by atoms with Gasteiger partial charge in [0.2, 0.25) is 11.8 Å². The molecule has 3 rings (SSSR count). The molecule has 0 aromatic heterocycles. The summed E-state index contributed by atoms with van der Waals surface area (Å²) in [5, 5.41) is 0. The number of carbonyl (C=O) groups excluding carboxylic acids is 2. The molecule has 0 radical (unpaired) electrons. The van der Waals surface area contributed by atoms with Crippen molar-refractivity contribution in [1.29, 1.82) is 0 Å². The van der Waals surface area contributed by atoms with E-state index in [4.69, 9.17) is 4.74 Å². The Morgan fingerprint density at radius 2 is 1.95 bits per heavy atom. The van der Waals surface area contributed by atoms with Crippen LogP contribution in [0.2, 0.25) is 0 Å². The first-order chi connectivity index (χ1) is 10.6. The zero-order chi connectivity index (χ0) is 15.7. The van der Waals surface area contributed by atoms with E-state index in [1.165, 1.54) is 11.3 Å². The van der Waals surface area contributed by atoms with Crippen molar-refractivity contribution in [2.45, 2.75) is 45.1 Å². The van der Waals surface area contributed by atoms with Gasteiger partial charge in [0.1, 0.15) is 5.75 Å². The number of halogens is 1. The van der Waals surface area contributed by atoms with Gasteiger partial charge in [-0.2, -0.15) is 0 Å². The Balaban J connectivity index is 1.79. The molecular formula is C17H20BrNO3. The highest BCUT2D eigenvalue weighted by Gasteiger charge is 2.51. The maximum Gasteiger partial charge on any atom is 0.236 e. The number of amides is 2. The summed E-state index contributed by atoms with van der Waals surface area (Å²) in [5.74, 6) is 0.745. The summed E-state index contributed by atoms with van der Waals surface area (Å²) in [6.45, 7) is 0.349. The van der Waals surface area contributed by atoms with E-state index in [1.54, 1.807) is 7.11 Å². The topological polar surface area (TPSA) is 46.6 Å². The first-order valence-corrected chi connectivity index (χ1v) is 8.52. The van der Waals surface area contributed by atoms with Crippen molar-refractivity contribution in [1.82, 2.24) is 4.90 Å². The summed E-state index contributed by atoms with van der Waals surface area (Å²) in [4.78, 5) is 26.6. The Morgan fingerprint density at radius 3 is 2.59 bits per heavy atom. The van der Waals surface area contributed by atoms with Crippen molar-refractivity contribution in [3.63, 3.8) is 0 Å². The lowest BCUT2D eigenvalue weighted by Crippen LogP contribution is -2.36. The van der Waals surface area contributed by atoms with Crippen molar-refractivity contribution < 1.29 is 14.3 Å². The lowest BCUT2D eigenvalue weighted by Gasteiger charge is -2.30. The molecule has 2 aliphatic rings. The molecular weight excluding hydrogens is 346 g/mol. The molecule has 1 heterocycles. The zero-order valence-corrected chi connectivity index (χ0v) is 14.3. The molecule has 2 fully saturated rings. The Bertz CT molecular complexity index is 608. The molecule has 1 aromatic carbocycles. The fraction of sp³-hybridized carbons (Fsp3) is 0.529. The summed E-state index contributed by atoms with van der Waals surface area (Å²) in [6, 6.07) is 5.65. The molecule has 4 nitrogen and oxygen atoms in total. The summed E-state index contributed by atoms with van der Waals surface area (Å²) in [6.07, 6.45) is 5.40. The summed E-state index contributed by atoms with van der Waals surface area (Å²) in [7, 11) is 1.61. The monoisotopic (exact) mass is 365 g/mol. The minimum Gasteiger partial charge on any atom is -0.496 e. The van der Waals surface area contributed by atoms with Crippen LogP contribution in [0, 0.1) is 5.41 Å². The van der Waals surface area contributed by atoms with Crippen LogP contribution in [-0.2, 0) is 16.1 Å². The number of hydrogen-bond acceptors (Lipinski definition) is 3. The lowest BCUT2D eigenvalue weighted by molar-refractivity contribution is -0.142. The highest BCUT2D eigenvalue weighted by molar-refractivity contribution is 9.10. The second kappa shape index (κ2) is 6.03. The van der Waals surface area contributed by atoms with Gasteiger partial charge in [-0.05, 0) is 46.5 Å². The molecule has 118 valence electrons. The molecule has 0 N–H and O–H groups in total. The lowest BCUT2D eigenvalue weighted by atomic mass is 9.73. The molecule has 1 saturated carbocycles. The first kappa shape index (κ1) is 15.5. The van der Waals surface area contributed by atoms with Crippen molar-refractivity contribution in [3.8, 4) is 5.75 Å². The normalized spacial score (nSPS) is 20.7. The standard InChI is InChI=1S/C17H20BrNO3/c1-22-14-6-5-12(9-13(14)18)11-19-15(20)10-17(16(19)21)7-3-2-4-8-17/h5-6,9H,2-4,7-8,10-11H2,1H3. The van der Waals surface area contributed by atoms with Gasteiger partial charge >= 0.3 is 0 Å². The third-order valence-corrected chi connectivity index (χ3v) is 5.48. The number of ether oxygens (including phenoxy) is 1. The van der Waals surface area contributed by atoms with Crippen LogP contribution in [0.15, 0.2) is 22.7 Å². The molecule has 1 spiro atoms. The van der Waals surface area contributed by atoms with Crippen LogP contribution >= 0.6 is 15.9 Å². The van der Waals surface area contributed by atoms with Crippen molar-refractivity contribution >= 4 is 27.7 Å². The molecule has 22 heavy (non-hydrogen) atoms.